The van der Waals surface area contributed by atoms with Gasteiger partial charge in [-0.3, -0.25) is 9.59 Å². The van der Waals surface area contributed by atoms with Crippen LogP contribution >= 0.6 is 0 Å². The molecule has 2 aliphatic rings. The quantitative estimate of drug-likeness (QED) is 0.797. The highest BCUT2D eigenvalue weighted by Crippen LogP contribution is 2.36. The number of rotatable bonds is 6. The second-order valence-corrected chi connectivity index (χ2v) is 8.83. The number of nitrogens with one attached hydrogen (secondary N) is 1. The third-order valence-corrected chi connectivity index (χ3v) is 5.94. The highest BCUT2D eigenvalue weighted by atomic mass is 16.7. The zero-order chi connectivity index (χ0) is 21.3. The normalized spacial score (nSPS) is 18.0. The zero-order valence-electron chi connectivity index (χ0n) is 17.7. The first-order valence-corrected chi connectivity index (χ1v) is 10.3. The molecule has 6 heteroatoms. The minimum Gasteiger partial charge on any atom is -0.454 e. The van der Waals surface area contributed by atoms with Crippen LogP contribution in [0.1, 0.15) is 37.0 Å². The van der Waals surface area contributed by atoms with Gasteiger partial charge in [-0.05, 0) is 30.2 Å². The van der Waals surface area contributed by atoms with Gasteiger partial charge in [-0.25, -0.2) is 0 Å². The van der Waals surface area contributed by atoms with Gasteiger partial charge in [-0.15, -0.1) is 0 Å². The Balaban J connectivity index is 1.33. The van der Waals surface area contributed by atoms with Crippen molar-refractivity contribution in [2.75, 3.05) is 19.9 Å². The third-order valence-electron chi connectivity index (χ3n) is 5.94. The fourth-order valence-corrected chi connectivity index (χ4v) is 3.89. The molecule has 2 aromatic carbocycles. The summed E-state index contributed by atoms with van der Waals surface area (Å²) in [6.07, 6.45) is 0.266. The number of nitrogens with zero attached hydrogens (tertiary/aromatic N) is 1. The Morgan fingerprint density at radius 2 is 1.87 bits per heavy atom. The van der Waals surface area contributed by atoms with Gasteiger partial charge in [0, 0.05) is 31.5 Å². The van der Waals surface area contributed by atoms with E-state index in [4.69, 9.17) is 9.47 Å². The van der Waals surface area contributed by atoms with Crippen LogP contribution < -0.4 is 14.8 Å². The maximum absolute atomic E-state index is 12.8. The molecule has 1 unspecified atom stereocenters. The number of carbonyl (C=O) groups is 2. The summed E-state index contributed by atoms with van der Waals surface area (Å²) in [5.74, 6) is 1.14. The van der Waals surface area contributed by atoms with Gasteiger partial charge in [0.1, 0.15) is 0 Å². The lowest BCUT2D eigenvalue weighted by Gasteiger charge is -2.26. The summed E-state index contributed by atoms with van der Waals surface area (Å²) in [5.41, 5.74) is 3.06. The molecule has 2 heterocycles. The number of hydrogen-bond acceptors (Lipinski definition) is 4. The molecule has 30 heavy (non-hydrogen) atoms. The van der Waals surface area contributed by atoms with Gasteiger partial charge in [0.25, 0.3) is 0 Å². The van der Waals surface area contributed by atoms with Crippen LogP contribution in [0, 0.1) is 12.8 Å². The van der Waals surface area contributed by atoms with Gasteiger partial charge in [0.05, 0.1) is 5.92 Å². The van der Waals surface area contributed by atoms with E-state index in [0.717, 1.165) is 22.6 Å². The van der Waals surface area contributed by atoms with Crippen LogP contribution in [0.2, 0.25) is 0 Å². The molecule has 6 nitrogen and oxygen atoms in total. The Morgan fingerprint density at radius 3 is 2.63 bits per heavy atom. The molecule has 0 radical (unpaired) electrons. The largest absolute Gasteiger partial charge is 0.454 e. The Morgan fingerprint density at radius 1 is 1.13 bits per heavy atom. The van der Waals surface area contributed by atoms with E-state index in [1.807, 2.05) is 49.4 Å². The van der Waals surface area contributed by atoms with E-state index in [9.17, 15) is 9.59 Å². The Labute approximate surface area is 177 Å². The minimum atomic E-state index is -0.310. The van der Waals surface area contributed by atoms with Crippen LogP contribution in [0.3, 0.4) is 0 Å². The number of carbonyl (C=O) groups excluding carboxylic acids is 2. The molecule has 2 aliphatic heterocycles. The van der Waals surface area contributed by atoms with Crippen LogP contribution in [0.25, 0.3) is 0 Å². The van der Waals surface area contributed by atoms with Gasteiger partial charge >= 0.3 is 0 Å². The number of fused-ring (bicyclic) bond motifs is 1. The third kappa shape index (κ3) is 4.27. The van der Waals surface area contributed by atoms with Crippen molar-refractivity contribution in [3.05, 3.63) is 59.2 Å². The second kappa shape index (κ2) is 8.01. The summed E-state index contributed by atoms with van der Waals surface area (Å²) in [7, 11) is 0. The molecular formula is C24H28N2O4. The number of amides is 2. The lowest BCUT2D eigenvalue weighted by Crippen LogP contribution is -2.40. The fraction of sp³-hybridized carbons (Fsp3) is 0.417. The summed E-state index contributed by atoms with van der Waals surface area (Å²) in [4.78, 5) is 27.0. The first-order chi connectivity index (χ1) is 14.3. The van der Waals surface area contributed by atoms with Crippen molar-refractivity contribution in [3.63, 3.8) is 0 Å². The van der Waals surface area contributed by atoms with Crippen molar-refractivity contribution in [2.45, 2.75) is 39.2 Å². The smallest absolute Gasteiger partial charge is 0.231 e. The first kappa shape index (κ1) is 20.3. The van der Waals surface area contributed by atoms with Crippen molar-refractivity contribution >= 4 is 11.8 Å². The average molecular weight is 408 g/mol. The van der Waals surface area contributed by atoms with Crippen molar-refractivity contribution in [3.8, 4) is 11.5 Å². The van der Waals surface area contributed by atoms with Crippen LogP contribution in [0.15, 0.2) is 42.5 Å². The van der Waals surface area contributed by atoms with E-state index in [0.29, 0.717) is 19.6 Å². The number of hydrogen-bond donors (Lipinski definition) is 1. The molecule has 1 fully saturated rings. The maximum Gasteiger partial charge on any atom is 0.231 e. The van der Waals surface area contributed by atoms with Crippen LogP contribution in [-0.4, -0.2) is 36.6 Å². The molecular weight excluding hydrogens is 380 g/mol. The van der Waals surface area contributed by atoms with E-state index >= 15 is 0 Å². The van der Waals surface area contributed by atoms with E-state index < -0.39 is 0 Å². The molecule has 158 valence electrons. The van der Waals surface area contributed by atoms with Gasteiger partial charge in [-0.1, -0.05) is 49.7 Å². The number of aryl methyl sites for hydroxylation is 1. The summed E-state index contributed by atoms with van der Waals surface area (Å²) < 4.78 is 10.8. The first-order valence-electron chi connectivity index (χ1n) is 10.3. The number of benzene rings is 2. The van der Waals surface area contributed by atoms with Crippen molar-refractivity contribution < 1.29 is 19.1 Å². The van der Waals surface area contributed by atoms with E-state index in [1.54, 1.807) is 4.90 Å². The Kier molecular flexibility index (Phi) is 5.41. The second-order valence-electron chi connectivity index (χ2n) is 8.83. The molecule has 0 aromatic heterocycles. The molecule has 1 saturated heterocycles. The van der Waals surface area contributed by atoms with Crippen LogP contribution in [-0.2, 0) is 21.5 Å². The Bertz CT molecular complexity index is 952. The van der Waals surface area contributed by atoms with E-state index in [2.05, 4.69) is 19.2 Å². The van der Waals surface area contributed by atoms with Gasteiger partial charge in [-0.2, -0.15) is 0 Å². The topological polar surface area (TPSA) is 67.9 Å². The molecule has 1 N–H and O–H groups in total. The maximum atomic E-state index is 12.8. The van der Waals surface area contributed by atoms with E-state index in [-0.39, 0.29) is 36.4 Å². The lowest BCUT2D eigenvalue weighted by atomic mass is 9.84. The number of likely N-dealkylation sites (tertiary alicyclic amines) is 1. The van der Waals surface area contributed by atoms with Gasteiger partial charge in [0.15, 0.2) is 11.5 Å². The highest BCUT2D eigenvalue weighted by molar-refractivity contribution is 5.89. The number of ether oxygens (including phenoxy) is 2. The molecule has 0 aliphatic carbocycles. The van der Waals surface area contributed by atoms with Gasteiger partial charge in [0.2, 0.25) is 18.6 Å². The summed E-state index contributed by atoms with van der Waals surface area (Å²) in [6.45, 7) is 7.92. The molecule has 1 atom stereocenters. The Hall–Kier alpha value is -3.02. The van der Waals surface area contributed by atoms with Crippen molar-refractivity contribution in [2.24, 2.45) is 5.92 Å². The minimum absolute atomic E-state index is 0.0331. The predicted octanol–water partition coefficient (Wildman–Crippen LogP) is 3.17. The molecule has 2 amide bonds. The molecule has 2 aromatic rings. The lowest BCUT2D eigenvalue weighted by molar-refractivity contribution is -0.129. The standard InChI is InChI=1S/C24H28N2O4/c1-16-4-6-17(7-5-16)12-26-13-18(10-22(26)27)23(28)25-14-24(2,3)19-8-9-20-21(11-19)30-15-29-20/h4-9,11,18H,10,12-15H2,1-3H3,(H,25,28). The fourth-order valence-electron chi connectivity index (χ4n) is 3.89. The molecule has 4 rings (SSSR count). The molecule has 0 bridgehead atoms. The average Bonchev–Trinajstić information content (AvgIpc) is 3.34. The summed E-state index contributed by atoms with van der Waals surface area (Å²) >= 11 is 0. The predicted molar refractivity (Wildman–Crippen MR) is 113 cm³/mol. The zero-order valence-corrected chi connectivity index (χ0v) is 17.7. The molecule has 0 spiro atoms. The van der Waals surface area contributed by atoms with E-state index in [1.165, 1.54) is 5.56 Å². The molecule has 0 saturated carbocycles. The summed E-state index contributed by atoms with van der Waals surface area (Å²) in [6, 6.07) is 14.0. The van der Waals surface area contributed by atoms with Crippen LogP contribution in [0.5, 0.6) is 11.5 Å². The van der Waals surface area contributed by atoms with Crippen molar-refractivity contribution in [1.82, 2.24) is 10.2 Å². The van der Waals surface area contributed by atoms with Crippen molar-refractivity contribution in [1.29, 1.82) is 0 Å². The summed E-state index contributed by atoms with van der Waals surface area (Å²) in [5, 5.41) is 3.05. The van der Waals surface area contributed by atoms with Crippen LogP contribution in [0.4, 0.5) is 0 Å². The van der Waals surface area contributed by atoms with Gasteiger partial charge < -0.3 is 19.7 Å². The SMILES string of the molecule is Cc1ccc(CN2CC(C(=O)NCC(C)(C)c3ccc4c(c3)OCO4)CC2=O)cc1. The highest BCUT2D eigenvalue weighted by Gasteiger charge is 2.35. The monoisotopic (exact) mass is 408 g/mol.